The minimum atomic E-state index is 0.122. The van der Waals surface area contributed by atoms with Gasteiger partial charge in [0.25, 0.3) is 0 Å². The van der Waals surface area contributed by atoms with Crippen molar-refractivity contribution in [3.05, 3.63) is 65.7 Å². The largest absolute Gasteiger partial charge is 0.489 e. The van der Waals surface area contributed by atoms with Gasteiger partial charge in [-0.15, -0.1) is 0 Å². The molecule has 1 amide bonds. The lowest BCUT2D eigenvalue weighted by molar-refractivity contribution is -0.123. The predicted molar refractivity (Wildman–Crippen MR) is 106 cm³/mol. The van der Waals surface area contributed by atoms with Gasteiger partial charge in [0.15, 0.2) is 0 Å². The van der Waals surface area contributed by atoms with Crippen LogP contribution >= 0.6 is 0 Å². The zero-order valence-corrected chi connectivity index (χ0v) is 15.6. The molecule has 2 unspecified atom stereocenters. The number of amides is 1. The van der Waals surface area contributed by atoms with Crippen molar-refractivity contribution in [2.75, 3.05) is 0 Å². The molecule has 0 aromatic heterocycles. The monoisotopic (exact) mass is 364 g/mol. The third-order valence-corrected chi connectivity index (χ3v) is 5.80. The SMILES string of the molecule is NC1CCC(NC(=O)C2CC2c2ccc(OCc3ccccc3)cc2)CC1. The number of benzene rings is 2. The van der Waals surface area contributed by atoms with Crippen molar-refractivity contribution < 1.29 is 9.53 Å². The molecular formula is C23H28N2O2. The molecule has 2 aliphatic rings. The quantitative estimate of drug-likeness (QED) is 0.820. The lowest BCUT2D eigenvalue weighted by Crippen LogP contribution is -2.41. The van der Waals surface area contributed by atoms with Crippen molar-refractivity contribution in [2.24, 2.45) is 11.7 Å². The maximum Gasteiger partial charge on any atom is 0.223 e. The summed E-state index contributed by atoms with van der Waals surface area (Å²) in [5.74, 6) is 1.54. The van der Waals surface area contributed by atoms with E-state index in [1.54, 1.807) is 0 Å². The van der Waals surface area contributed by atoms with E-state index >= 15 is 0 Å². The van der Waals surface area contributed by atoms with E-state index in [-0.39, 0.29) is 11.8 Å². The van der Waals surface area contributed by atoms with Crippen molar-refractivity contribution in [3.8, 4) is 5.75 Å². The minimum absolute atomic E-state index is 0.122. The van der Waals surface area contributed by atoms with Crippen molar-refractivity contribution in [2.45, 2.75) is 56.7 Å². The van der Waals surface area contributed by atoms with Crippen molar-refractivity contribution in [3.63, 3.8) is 0 Å². The Morgan fingerprint density at radius 2 is 1.70 bits per heavy atom. The van der Waals surface area contributed by atoms with E-state index in [2.05, 4.69) is 29.6 Å². The van der Waals surface area contributed by atoms with Gasteiger partial charge < -0.3 is 15.8 Å². The van der Waals surface area contributed by atoms with Gasteiger partial charge in [0.2, 0.25) is 5.91 Å². The maximum atomic E-state index is 12.5. The number of carbonyl (C=O) groups excluding carboxylic acids is 1. The number of hydrogen-bond acceptors (Lipinski definition) is 3. The van der Waals surface area contributed by atoms with Gasteiger partial charge in [-0.2, -0.15) is 0 Å². The van der Waals surface area contributed by atoms with Gasteiger partial charge in [0.1, 0.15) is 12.4 Å². The second-order valence-electron chi connectivity index (χ2n) is 7.91. The number of carbonyl (C=O) groups is 1. The fraction of sp³-hybridized carbons (Fsp3) is 0.435. The molecule has 4 heteroatoms. The zero-order valence-electron chi connectivity index (χ0n) is 15.6. The number of rotatable bonds is 6. The molecule has 27 heavy (non-hydrogen) atoms. The van der Waals surface area contributed by atoms with Crippen LogP contribution in [0.1, 0.15) is 49.1 Å². The molecule has 2 saturated carbocycles. The third kappa shape index (κ3) is 4.69. The Hall–Kier alpha value is -2.33. The molecule has 2 aromatic carbocycles. The molecular weight excluding hydrogens is 336 g/mol. The molecule has 3 N–H and O–H groups in total. The number of ether oxygens (including phenoxy) is 1. The summed E-state index contributed by atoms with van der Waals surface area (Å²) >= 11 is 0. The van der Waals surface area contributed by atoms with Crippen LogP contribution in [0.5, 0.6) is 5.75 Å². The van der Waals surface area contributed by atoms with E-state index < -0.39 is 0 Å². The molecule has 2 aliphatic carbocycles. The molecule has 0 radical (unpaired) electrons. The summed E-state index contributed by atoms with van der Waals surface area (Å²) in [6.45, 7) is 0.569. The van der Waals surface area contributed by atoms with Crippen LogP contribution in [-0.4, -0.2) is 18.0 Å². The van der Waals surface area contributed by atoms with Gasteiger partial charge in [-0.3, -0.25) is 4.79 Å². The highest BCUT2D eigenvalue weighted by molar-refractivity contribution is 5.83. The molecule has 142 valence electrons. The molecule has 2 fully saturated rings. The molecule has 2 atom stereocenters. The summed E-state index contributed by atoms with van der Waals surface area (Å²) in [5.41, 5.74) is 8.33. The number of hydrogen-bond donors (Lipinski definition) is 2. The van der Waals surface area contributed by atoms with Gasteiger partial charge >= 0.3 is 0 Å². The highest BCUT2D eigenvalue weighted by Crippen LogP contribution is 2.48. The topological polar surface area (TPSA) is 64.3 Å². The Labute approximate surface area is 161 Å². The molecule has 0 spiro atoms. The average molecular weight is 364 g/mol. The normalized spacial score (nSPS) is 27.0. The van der Waals surface area contributed by atoms with E-state index in [4.69, 9.17) is 10.5 Å². The highest BCUT2D eigenvalue weighted by Gasteiger charge is 2.44. The van der Waals surface area contributed by atoms with E-state index in [1.807, 2.05) is 30.3 Å². The first kappa shape index (κ1) is 18.1. The zero-order chi connectivity index (χ0) is 18.6. The van der Waals surface area contributed by atoms with Gasteiger partial charge in [-0.25, -0.2) is 0 Å². The van der Waals surface area contributed by atoms with Crippen LogP contribution in [0.2, 0.25) is 0 Å². The fourth-order valence-corrected chi connectivity index (χ4v) is 3.98. The van der Waals surface area contributed by atoms with Crippen LogP contribution < -0.4 is 15.8 Å². The van der Waals surface area contributed by atoms with Crippen molar-refractivity contribution >= 4 is 5.91 Å². The van der Waals surface area contributed by atoms with Crippen LogP contribution in [-0.2, 0) is 11.4 Å². The summed E-state index contributed by atoms with van der Waals surface area (Å²) < 4.78 is 5.84. The first-order valence-corrected chi connectivity index (χ1v) is 10.0. The van der Waals surface area contributed by atoms with Gasteiger partial charge in [0, 0.05) is 18.0 Å². The van der Waals surface area contributed by atoms with Crippen LogP contribution in [0.15, 0.2) is 54.6 Å². The summed E-state index contributed by atoms with van der Waals surface area (Å²) in [7, 11) is 0. The second kappa shape index (κ2) is 8.13. The second-order valence-corrected chi connectivity index (χ2v) is 7.91. The van der Waals surface area contributed by atoms with E-state index in [0.717, 1.165) is 43.4 Å². The Bertz CT molecular complexity index is 752. The molecule has 0 bridgehead atoms. The number of nitrogens with two attached hydrogens (primary N) is 1. The smallest absolute Gasteiger partial charge is 0.223 e. The Kier molecular flexibility index (Phi) is 5.44. The summed E-state index contributed by atoms with van der Waals surface area (Å²) in [4.78, 5) is 12.5. The van der Waals surface area contributed by atoms with Gasteiger partial charge in [0.05, 0.1) is 0 Å². The van der Waals surface area contributed by atoms with Crippen molar-refractivity contribution in [1.29, 1.82) is 0 Å². The number of nitrogens with one attached hydrogen (secondary N) is 1. The first-order chi connectivity index (χ1) is 13.2. The molecule has 4 rings (SSSR count). The van der Waals surface area contributed by atoms with E-state index in [1.165, 1.54) is 5.56 Å². The van der Waals surface area contributed by atoms with Gasteiger partial charge in [-0.05, 0) is 61.3 Å². The van der Waals surface area contributed by atoms with E-state index in [9.17, 15) is 4.79 Å². The molecule has 0 saturated heterocycles. The Morgan fingerprint density at radius 3 is 2.41 bits per heavy atom. The molecule has 0 heterocycles. The minimum Gasteiger partial charge on any atom is -0.489 e. The lowest BCUT2D eigenvalue weighted by Gasteiger charge is -2.26. The fourth-order valence-electron chi connectivity index (χ4n) is 3.98. The summed E-state index contributed by atoms with van der Waals surface area (Å²) in [6.07, 6.45) is 5.00. The maximum absolute atomic E-state index is 12.5. The molecule has 2 aromatic rings. The highest BCUT2D eigenvalue weighted by atomic mass is 16.5. The molecule has 0 aliphatic heterocycles. The van der Waals surface area contributed by atoms with E-state index in [0.29, 0.717) is 24.6 Å². The Balaban J connectivity index is 1.25. The van der Waals surface area contributed by atoms with Gasteiger partial charge in [-0.1, -0.05) is 42.5 Å². The van der Waals surface area contributed by atoms with Crippen LogP contribution in [0.3, 0.4) is 0 Å². The standard InChI is InChI=1S/C23H28N2O2/c24-18-8-10-19(11-9-18)25-23(26)22-14-21(22)17-6-12-20(13-7-17)27-15-16-4-2-1-3-5-16/h1-7,12-13,18-19,21-22H,8-11,14-15,24H2,(H,25,26). The summed E-state index contributed by atoms with van der Waals surface area (Å²) in [6, 6.07) is 19.0. The molecule has 4 nitrogen and oxygen atoms in total. The average Bonchev–Trinajstić information content (AvgIpc) is 3.50. The van der Waals surface area contributed by atoms with Crippen LogP contribution in [0, 0.1) is 5.92 Å². The lowest BCUT2D eigenvalue weighted by atomic mass is 9.91. The van der Waals surface area contributed by atoms with Crippen LogP contribution in [0.4, 0.5) is 0 Å². The van der Waals surface area contributed by atoms with Crippen molar-refractivity contribution in [1.82, 2.24) is 5.32 Å². The third-order valence-electron chi connectivity index (χ3n) is 5.80. The van der Waals surface area contributed by atoms with Crippen LogP contribution in [0.25, 0.3) is 0 Å². The Morgan fingerprint density at radius 1 is 1.00 bits per heavy atom. The summed E-state index contributed by atoms with van der Waals surface area (Å²) in [5, 5.41) is 3.23. The first-order valence-electron chi connectivity index (χ1n) is 10.0. The predicted octanol–water partition coefficient (Wildman–Crippen LogP) is 3.76.